The molecule has 1 aliphatic heterocycles. The molecule has 0 saturated carbocycles. The largest absolute Gasteiger partial charge is 0.345 e. The normalized spacial score (nSPS) is 33.6. The summed E-state index contributed by atoms with van der Waals surface area (Å²) in [7, 11) is 0. The van der Waals surface area contributed by atoms with E-state index in [4.69, 9.17) is 9.47 Å². The average molecular weight is 170 g/mol. The summed E-state index contributed by atoms with van der Waals surface area (Å²) in [4.78, 5) is 0. The minimum atomic E-state index is -0.408. The first-order valence-corrected chi connectivity index (χ1v) is 4.55. The van der Waals surface area contributed by atoms with Crippen molar-refractivity contribution in [1.82, 2.24) is 0 Å². The molecule has 0 N–H and O–H groups in total. The minimum Gasteiger partial charge on any atom is -0.345 e. The SMILES string of the molecule is C=CC[C@@H]1OC(C)(C)O[C@@H]1CC. The highest BCUT2D eigenvalue weighted by Gasteiger charge is 2.39. The molecule has 0 amide bonds. The van der Waals surface area contributed by atoms with E-state index in [1.807, 2.05) is 19.9 Å². The molecular formula is C10H18O2. The van der Waals surface area contributed by atoms with E-state index in [0.717, 1.165) is 12.8 Å². The highest BCUT2D eigenvalue weighted by molar-refractivity contribution is 4.85. The van der Waals surface area contributed by atoms with Gasteiger partial charge in [0.15, 0.2) is 5.79 Å². The maximum absolute atomic E-state index is 5.70. The van der Waals surface area contributed by atoms with Crippen LogP contribution in [0.5, 0.6) is 0 Å². The van der Waals surface area contributed by atoms with Crippen LogP contribution in [0.4, 0.5) is 0 Å². The van der Waals surface area contributed by atoms with Crippen LogP contribution >= 0.6 is 0 Å². The average Bonchev–Trinajstić information content (AvgIpc) is 2.26. The molecule has 2 nitrogen and oxygen atoms in total. The van der Waals surface area contributed by atoms with Crippen molar-refractivity contribution in [2.24, 2.45) is 0 Å². The second kappa shape index (κ2) is 3.58. The smallest absolute Gasteiger partial charge is 0.163 e. The van der Waals surface area contributed by atoms with Gasteiger partial charge < -0.3 is 9.47 Å². The zero-order chi connectivity index (χ0) is 9.19. The minimum absolute atomic E-state index is 0.197. The quantitative estimate of drug-likeness (QED) is 0.606. The molecule has 0 unspecified atom stereocenters. The van der Waals surface area contributed by atoms with Crippen LogP contribution in [0, 0.1) is 0 Å². The molecule has 2 heteroatoms. The first-order valence-electron chi connectivity index (χ1n) is 4.55. The van der Waals surface area contributed by atoms with Crippen molar-refractivity contribution in [2.75, 3.05) is 0 Å². The molecular weight excluding hydrogens is 152 g/mol. The van der Waals surface area contributed by atoms with Crippen LogP contribution in [-0.2, 0) is 9.47 Å². The summed E-state index contributed by atoms with van der Waals surface area (Å²) in [6.45, 7) is 9.74. The molecule has 1 fully saturated rings. The fourth-order valence-corrected chi connectivity index (χ4v) is 1.62. The molecule has 0 radical (unpaired) electrons. The Balaban J connectivity index is 2.56. The Labute approximate surface area is 74.6 Å². The van der Waals surface area contributed by atoms with Gasteiger partial charge in [-0.05, 0) is 26.7 Å². The molecule has 2 atom stereocenters. The van der Waals surface area contributed by atoms with Gasteiger partial charge >= 0.3 is 0 Å². The lowest BCUT2D eigenvalue weighted by molar-refractivity contribution is -0.146. The van der Waals surface area contributed by atoms with E-state index < -0.39 is 5.79 Å². The standard InChI is InChI=1S/C10H18O2/c1-5-7-9-8(6-2)11-10(3,4)12-9/h5,8-9H,1,6-7H2,2-4H3/t8-,9+/m1/s1. The lowest BCUT2D eigenvalue weighted by atomic mass is 10.1. The van der Waals surface area contributed by atoms with Crippen molar-refractivity contribution in [1.29, 1.82) is 0 Å². The Morgan fingerprint density at radius 1 is 1.33 bits per heavy atom. The third-order valence-electron chi connectivity index (χ3n) is 2.09. The molecule has 0 bridgehead atoms. The maximum Gasteiger partial charge on any atom is 0.163 e. The number of hydrogen-bond acceptors (Lipinski definition) is 2. The van der Waals surface area contributed by atoms with Crippen molar-refractivity contribution in [3.05, 3.63) is 12.7 Å². The molecule has 70 valence electrons. The van der Waals surface area contributed by atoms with E-state index in [1.165, 1.54) is 0 Å². The Bertz CT molecular complexity index is 163. The van der Waals surface area contributed by atoms with Crippen LogP contribution in [0.1, 0.15) is 33.6 Å². The predicted molar refractivity (Wildman–Crippen MR) is 48.9 cm³/mol. The van der Waals surface area contributed by atoms with E-state index >= 15 is 0 Å². The van der Waals surface area contributed by atoms with Gasteiger partial charge in [0.25, 0.3) is 0 Å². The topological polar surface area (TPSA) is 18.5 Å². The highest BCUT2D eigenvalue weighted by Crippen LogP contribution is 2.31. The van der Waals surface area contributed by atoms with Crippen molar-refractivity contribution in [2.45, 2.75) is 51.6 Å². The summed E-state index contributed by atoms with van der Waals surface area (Å²) >= 11 is 0. The van der Waals surface area contributed by atoms with E-state index in [9.17, 15) is 0 Å². The lowest BCUT2D eigenvalue weighted by Crippen LogP contribution is -2.21. The third kappa shape index (κ3) is 2.08. The van der Waals surface area contributed by atoms with E-state index in [0.29, 0.717) is 0 Å². The first kappa shape index (κ1) is 9.75. The van der Waals surface area contributed by atoms with Gasteiger partial charge in [-0.1, -0.05) is 13.0 Å². The van der Waals surface area contributed by atoms with Gasteiger partial charge in [0, 0.05) is 0 Å². The Morgan fingerprint density at radius 2 is 1.92 bits per heavy atom. The molecule has 1 heterocycles. The zero-order valence-electron chi connectivity index (χ0n) is 8.17. The maximum atomic E-state index is 5.70. The molecule has 1 rings (SSSR count). The van der Waals surface area contributed by atoms with E-state index in [2.05, 4.69) is 13.5 Å². The summed E-state index contributed by atoms with van der Waals surface area (Å²) in [5.74, 6) is -0.408. The monoisotopic (exact) mass is 170 g/mol. The summed E-state index contributed by atoms with van der Waals surface area (Å²) in [6, 6.07) is 0. The predicted octanol–water partition coefficient (Wildman–Crippen LogP) is 2.49. The van der Waals surface area contributed by atoms with Crippen LogP contribution in [0.3, 0.4) is 0 Å². The van der Waals surface area contributed by atoms with Gasteiger partial charge in [0.1, 0.15) is 0 Å². The summed E-state index contributed by atoms with van der Waals surface area (Å²) in [5.41, 5.74) is 0. The molecule has 1 aliphatic rings. The Kier molecular flexibility index (Phi) is 2.91. The molecule has 0 aromatic rings. The van der Waals surface area contributed by atoms with Crippen LogP contribution in [0.25, 0.3) is 0 Å². The van der Waals surface area contributed by atoms with Crippen LogP contribution < -0.4 is 0 Å². The zero-order valence-corrected chi connectivity index (χ0v) is 8.17. The first-order chi connectivity index (χ1) is 5.59. The lowest BCUT2D eigenvalue weighted by Gasteiger charge is -2.16. The summed E-state index contributed by atoms with van der Waals surface area (Å²) in [5, 5.41) is 0. The van der Waals surface area contributed by atoms with Crippen molar-refractivity contribution >= 4 is 0 Å². The van der Waals surface area contributed by atoms with Gasteiger partial charge in [0.2, 0.25) is 0 Å². The molecule has 12 heavy (non-hydrogen) atoms. The Morgan fingerprint density at radius 3 is 2.42 bits per heavy atom. The summed E-state index contributed by atoms with van der Waals surface area (Å²) in [6.07, 6.45) is 4.20. The van der Waals surface area contributed by atoms with E-state index in [1.54, 1.807) is 0 Å². The second-order valence-electron chi connectivity index (χ2n) is 3.65. The highest BCUT2D eigenvalue weighted by atomic mass is 16.7. The van der Waals surface area contributed by atoms with Gasteiger partial charge in [-0.3, -0.25) is 0 Å². The van der Waals surface area contributed by atoms with Gasteiger partial charge in [-0.15, -0.1) is 6.58 Å². The van der Waals surface area contributed by atoms with Gasteiger partial charge in [-0.25, -0.2) is 0 Å². The van der Waals surface area contributed by atoms with Crippen molar-refractivity contribution in [3.8, 4) is 0 Å². The van der Waals surface area contributed by atoms with Crippen LogP contribution in [0.15, 0.2) is 12.7 Å². The van der Waals surface area contributed by atoms with Crippen LogP contribution in [-0.4, -0.2) is 18.0 Å². The molecule has 0 aliphatic carbocycles. The van der Waals surface area contributed by atoms with Gasteiger partial charge in [0.05, 0.1) is 12.2 Å². The molecule has 0 aromatic carbocycles. The van der Waals surface area contributed by atoms with Crippen molar-refractivity contribution < 1.29 is 9.47 Å². The van der Waals surface area contributed by atoms with Crippen molar-refractivity contribution in [3.63, 3.8) is 0 Å². The molecule has 0 spiro atoms. The number of rotatable bonds is 3. The fourth-order valence-electron chi connectivity index (χ4n) is 1.62. The van der Waals surface area contributed by atoms with Crippen LogP contribution in [0.2, 0.25) is 0 Å². The fraction of sp³-hybridized carbons (Fsp3) is 0.800. The number of ether oxygens (including phenoxy) is 2. The molecule has 0 aromatic heterocycles. The Hall–Kier alpha value is -0.340. The number of hydrogen-bond donors (Lipinski definition) is 0. The molecule has 1 saturated heterocycles. The second-order valence-corrected chi connectivity index (χ2v) is 3.65. The van der Waals surface area contributed by atoms with E-state index in [-0.39, 0.29) is 12.2 Å². The van der Waals surface area contributed by atoms with Gasteiger partial charge in [-0.2, -0.15) is 0 Å². The third-order valence-corrected chi connectivity index (χ3v) is 2.09. The summed E-state index contributed by atoms with van der Waals surface area (Å²) < 4.78 is 11.4.